The van der Waals surface area contributed by atoms with Crippen molar-refractivity contribution in [3.8, 4) is 0 Å². The largest absolute Gasteiger partial charge is 0.490 e. The van der Waals surface area contributed by atoms with Crippen molar-refractivity contribution in [3.63, 3.8) is 0 Å². The number of fused-ring (bicyclic) bond motifs is 1. The Bertz CT molecular complexity index is 1190. The molecule has 1 aliphatic rings. The SMILES string of the molecule is C=CCOCOC1C[C@H](n2ccc3c(N)ncnc32)O[C@@H]1COP(=O)(O)OP(=O)(O)OP(=O)(O)O. The molecule has 1 saturated heterocycles. The molecule has 1 fully saturated rings. The molecule has 6 N–H and O–H groups in total. The molecule has 35 heavy (non-hydrogen) atoms. The minimum absolute atomic E-state index is 0.180. The Morgan fingerprint density at radius 3 is 2.63 bits per heavy atom. The van der Waals surface area contributed by atoms with Crippen LogP contribution in [0.5, 0.6) is 0 Å². The van der Waals surface area contributed by atoms with Crippen LogP contribution >= 0.6 is 23.5 Å². The number of hydrogen-bond acceptors (Lipinski definition) is 12. The lowest BCUT2D eigenvalue weighted by Crippen LogP contribution is -2.29. The van der Waals surface area contributed by atoms with Crippen LogP contribution in [0.15, 0.2) is 31.2 Å². The van der Waals surface area contributed by atoms with Gasteiger partial charge in [-0.1, -0.05) is 6.08 Å². The smallest absolute Gasteiger partial charge is 0.383 e. The lowest BCUT2D eigenvalue weighted by atomic mass is 10.2. The Balaban J connectivity index is 1.71. The van der Waals surface area contributed by atoms with Gasteiger partial charge in [-0.2, -0.15) is 8.62 Å². The molecule has 5 atom stereocenters. The molecule has 2 aromatic rings. The fourth-order valence-corrected chi connectivity index (χ4v) is 6.19. The van der Waals surface area contributed by atoms with Crippen LogP contribution in [-0.2, 0) is 41.1 Å². The van der Waals surface area contributed by atoms with Crippen molar-refractivity contribution < 1.29 is 60.6 Å². The number of phosphoric ester groups is 1. The number of rotatable bonds is 13. The van der Waals surface area contributed by atoms with Gasteiger partial charge in [0.05, 0.1) is 24.7 Å². The Morgan fingerprint density at radius 2 is 1.94 bits per heavy atom. The first-order chi connectivity index (χ1) is 16.3. The van der Waals surface area contributed by atoms with Crippen LogP contribution in [0.25, 0.3) is 11.0 Å². The monoisotopic (exact) mass is 560 g/mol. The molecule has 0 radical (unpaired) electrons. The lowest BCUT2D eigenvalue weighted by molar-refractivity contribution is -0.112. The van der Waals surface area contributed by atoms with Gasteiger partial charge in [-0.25, -0.2) is 23.7 Å². The predicted octanol–water partition coefficient (Wildman–Crippen LogP) is 1.19. The molecule has 3 unspecified atom stereocenters. The zero-order chi connectivity index (χ0) is 25.9. The highest BCUT2D eigenvalue weighted by Gasteiger charge is 2.43. The number of nitrogen functional groups attached to an aromatic ring is 1. The zero-order valence-electron chi connectivity index (χ0n) is 17.8. The Kier molecular flexibility index (Phi) is 9.00. The summed E-state index contributed by atoms with van der Waals surface area (Å²) in [4.78, 5) is 44.3. The molecule has 196 valence electrons. The summed E-state index contributed by atoms with van der Waals surface area (Å²) in [6.07, 6.45) is 2.16. The van der Waals surface area contributed by atoms with Crippen molar-refractivity contribution in [2.75, 3.05) is 25.7 Å². The van der Waals surface area contributed by atoms with Crippen LogP contribution in [0.1, 0.15) is 12.6 Å². The van der Waals surface area contributed by atoms with E-state index in [2.05, 4.69) is 25.2 Å². The van der Waals surface area contributed by atoms with Crippen molar-refractivity contribution in [3.05, 3.63) is 31.2 Å². The van der Waals surface area contributed by atoms with Gasteiger partial charge in [0.25, 0.3) is 0 Å². The second-order valence-corrected chi connectivity index (χ2v) is 11.4. The second kappa shape index (κ2) is 11.2. The summed E-state index contributed by atoms with van der Waals surface area (Å²) in [6.45, 7) is 2.83. The van der Waals surface area contributed by atoms with Crippen LogP contribution in [-0.4, -0.2) is 66.3 Å². The average Bonchev–Trinajstić information content (AvgIpc) is 3.32. The summed E-state index contributed by atoms with van der Waals surface area (Å²) in [5.41, 5.74) is 6.31. The molecule has 0 aromatic carbocycles. The van der Waals surface area contributed by atoms with Gasteiger partial charge in [-0.3, -0.25) is 4.52 Å². The third-order valence-electron chi connectivity index (χ3n) is 4.45. The molecular weight excluding hydrogens is 537 g/mol. The molecule has 0 saturated carbocycles. The first-order valence-corrected chi connectivity index (χ1v) is 14.1. The number of nitrogens with zero attached hydrogens (tertiary/aromatic N) is 3. The van der Waals surface area contributed by atoms with Crippen molar-refractivity contribution in [2.45, 2.75) is 24.9 Å². The Labute approximate surface area is 197 Å². The van der Waals surface area contributed by atoms with Crippen molar-refractivity contribution >= 4 is 40.3 Å². The summed E-state index contributed by atoms with van der Waals surface area (Å²) in [5, 5.41) is 0.569. The van der Waals surface area contributed by atoms with E-state index in [-0.39, 0.29) is 25.6 Å². The molecule has 0 amide bonds. The van der Waals surface area contributed by atoms with E-state index in [1.165, 1.54) is 12.4 Å². The van der Waals surface area contributed by atoms with Gasteiger partial charge in [0.15, 0.2) is 0 Å². The minimum atomic E-state index is -5.65. The highest BCUT2D eigenvalue weighted by Crippen LogP contribution is 2.66. The highest BCUT2D eigenvalue weighted by atomic mass is 31.3. The fourth-order valence-electron chi connectivity index (χ4n) is 3.16. The van der Waals surface area contributed by atoms with Crippen LogP contribution in [0.2, 0.25) is 0 Å². The van der Waals surface area contributed by atoms with Gasteiger partial charge >= 0.3 is 23.5 Å². The Hall–Kier alpha value is -1.55. The lowest BCUT2D eigenvalue weighted by Gasteiger charge is -2.21. The third kappa shape index (κ3) is 7.97. The van der Waals surface area contributed by atoms with Crippen LogP contribution in [0.4, 0.5) is 5.82 Å². The van der Waals surface area contributed by atoms with E-state index in [1.807, 2.05) is 0 Å². The van der Waals surface area contributed by atoms with Gasteiger partial charge in [0, 0.05) is 12.6 Å². The van der Waals surface area contributed by atoms with Crippen molar-refractivity contribution in [1.29, 1.82) is 0 Å². The first-order valence-electron chi connectivity index (χ1n) is 9.61. The van der Waals surface area contributed by atoms with E-state index in [1.54, 1.807) is 16.8 Å². The number of nitrogens with two attached hydrogens (primary N) is 1. The molecule has 0 aliphatic carbocycles. The number of hydrogen-bond donors (Lipinski definition) is 5. The number of aromatic nitrogens is 3. The maximum Gasteiger partial charge on any atom is 0.490 e. The van der Waals surface area contributed by atoms with E-state index in [9.17, 15) is 23.5 Å². The molecule has 2 aromatic heterocycles. The standard InChI is InChI=1S/C15H23N4O13P3/c1-2-5-27-9-28-11-6-13(19-4-3-10-14(16)17-8-18-15(10)19)30-12(11)7-29-34(23,24)32-35(25,26)31-33(20,21)22/h2-4,8,11-13H,1,5-7,9H2,(H,23,24)(H,25,26)(H2,16,17,18)(H2,20,21,22)/t11?,12-,13-/m1/s1. The summed E-state index contributed by atoms with van der Waals surface area (Å²) in [6, 6.07) is 1.68. The van der Waals surface area contributed by atoms with Crippen LogP contribution < -0.4 is 5.73 Å². The number of ether oxygens (including phenoxy) is 3. The quantitative estimate of drug-likeness (QED) is 0.0999. The zero-order valence-corrected chi connectivity index (χ0v) is 20.5. The van der Waals surface area contributed by atoms with Crippen LogP contribution in [0.3, 0.4) is 0 Å². The summed E-state index contributed by atoms with van der Waals surface area (Å²) in [7, 11) is -16.5. The van der Waals surface area contributed by atoms with E-state index >= 15 is 0 Å². The van der Waals surface area contributed by atoms with E-state index in [0.29, 0.717) is 11.0 Å². The van der Waals surface area contributed by atoms with E-state index in [0.717, 1.165) is 0 Å². The first kappa shape index (κ1) is 28.0. The van der Waals surface area contributed by atoms with Gasteiger partial charge in [-0.15, -0.1) is 6.58 Å². The molecule has 3 rings (SSSR count). The fraction of sp³-hybridized carbons (Fsp3) is 0.467. The number of phosphoric acid groups is 3. The van der Waals surface area contributed by atoms with E-state index < -0.39 is 48.5 Å². The molecule has 1 aliphatic heterocycles. The third-order valence-corrected chi connectivity index (χ3v) is 8.25. The number of anilines is 1. The minimum Gasteiger partial charge on any atom is -0.383 e. The molecule has 3 heterocycles. The maximum absolute atomic E-state index is 12.1. The molecule has 17 nitrogen and oxygen atoms in total. The van der Waals surface area contributed by atoms with Gasteiger partial charge in [-0.05, 0) is 6.07 Å². The summed E-state index contributed by atoms with van der Waals surface area (Å²) in [5.74, 6) is 0.251. The molecular formula is C15H23N4O13P3. The van der Waals surface area contributed by atoms with Crippen molar-refractivity contribution in [2.24, 2.45) is 0 Å². The van der Waals surface area contributed by atoms with E-state index in [4.69, 9.17) is 34.3 Å². The topological polar surface area (TPSA) is 244 Å². The average molecular weight is 560 g/mol. The Morgan fingerprint density at radius 1 is 1.20 bits per heavy atom. The van der Waals surface area contributed by atoms with Gasteiger partial charge in [0.2, 0.25) is 0 Å². The predicted molar refractivity (Wildman–Crippen MR) is 116 cm³/mol. The molecule has 0 spiro atoms. The highest BCUT2D eigenvalue weighted by molar-refractivity contribution is 7.66. The maximum atomic E-state index is 12.1. The molecule has 0 bridgehead atoms. The van der Waals surface area contributed by atoms with Crippen molar-refractivity contribution in [1.82, 2.24) is 14.5 Å². The van der Waals surface area contributed by atoms with Crippen LogP contribution in [0, 0.1) is 0 Å². The second-order valence-electron chi connectivity index (χ2n) is 6.95. The normalized spacial score (nSPS) is 24.3. The summed E-state index contributed by atoms with van der Waals surface area (Å²) < 4.78 is 64.8. The van der Waals surface area contributed by atoms with Gasteiger partial charge in [0.1, 0.15) is 36.9 Å². The summed E-state index contributed by atoms with van der Waals surface area (Å²) >= 11 is 0. The molecule has 20 heteroatoms. The van der Waals surface area contributed by atoms with Gasteiger partial charge < -0.3 is 44.1 Å².